The van der Waals surface area contributed by atoms with Gasteiger partial charge in [-0.2, -0.15) is 4.31 Å². The Labute approximate surface area is 165 Å². The lowest BCUT2D eigenvalue weighted by molar-refractivity contribution is -0.384. The third-order valence-corrected chi connectivity index (χ3v) is 6.55. The highest BCUT2D eigenvalue weighted by Crippen LogP contribution is 2.25. The predicted octanol–water partition coefficient (Wildman–Crippen LogP) is 2.10. The van der Waals surface area contributed by atoms with Gasteiger partial charge < -0.3 is 10.0 Å². The fraction of sp³-hybridized carbons (Fsp3) is 0.235. The van der Waals surface area contributed by atoms with Crippen molar-refractivity contribution in [2.24, 2.45) is 0 Å². The van der Waals surface area contributed by atoms with Gasteiger partial charge in [-0.15, -0.1) is 0 Å². The molecule has 1 heterocycles. The lowest BCUT2D eigenvalue weighted by atomic mass is 10.1. The maximum absolute atomic E-state index is 12.7. The van der Waals surface area contributed by atoms with Crippen molar-refractivity contribution in [2.75, 3.05) is 26.2 Å². The third-order valence-electron chi connectivity index (χ3n) is 4.40. The Kier molecular flexibility index (Phi) is 5.54. The SMILES string of the molecule is O=C(c1ccc(Cl)cc1O)N1CCN(S(=O)(=O)c2ccc([N+](=O)[O-])cc2)CC1. The van der Waals surface area contributed by atoms with E-state index in [9.17, 15) is 28.4 Å². The molecule has 0 aromatic heterocycles. The fourth-order valence-electron chi connectivity index (χ4n) is 2.88. The minimum absolute atomic E-state index is 0.0479. The molecule has 1 fully saturated rings. The largest absolute Gasteiger partial charge is 0.507 e. The molecule has 0 spiro atoms. The van der Waals surface area contributed by atoms with Crippen LogP contribution in [0.1, 0.15) is 10.4 Å². The Bertz CT molecular complexity index is 1020. The van der Waals surface area contributed by atoms with E-state index in [0.717, 1.165) is 12.1 Å². The summed E-state index contributed by atoms with van der Waals surface area (Å²) in [5, 5.41) is 20.9. The zero-order valence-corrected chi connectivity index (χ0v) is 16.1. The van der Waals surface area contributed by atoms with E-state index in [4.69, 9.17) is 11.6 Å². The Morgan fingerprint density at radius 1 is 1.07 bits per heavy atom. The smallest absolute Gasteiger partial charge is 0.269 e. The van der Waals surface area contributed by atoms with Crippen molar-refractivity contribution in [3.63, 3.8) is 0 Å². The Hall–Kier alpha value is -2.69. The predicted molar refractivity (Wildman–Crippen MR) is 101 cm³/mol. The number of aromatic hydroxyl groups is 1. The van der Waals surface area contributed by atoms with Crippen LogP contribution in [0.4, 0.5) is 5.69 Å². The normalized spacial score (nSPS) is 15.4. The summed E-state index contributed by atoms with van der Waals surface area (Å²) < 4.78 is 26.6. The minimum Gasteiger partial charge on any atom is -0.507 e. The molecule has 1 saturated heterocycles. The second-order valence-electron chi connectivity index (χ2n) is 6.11. The van der Waals surface area contributed by atoms with Gasteiger partial charge in [0.15, 0.2) is 0 Å². The molecule has 0 bridgehead atoms. The van der Waals surface area contributed by atoms with Crippen molar-refractivity contribution in [1.82, 2.24) is 9.21 Å². The topological polar surface area (TPSA) is 121 Å². The number of phenols is 1. The second kappa shape index (κ2) is 7.74. The molecule has 28 heavy (non-hydrogen) atoms. The van der Waals surface area contributed by atoms with Crippen LogP contribution in [0.5, 0.6) is 5.75 Å². The van der Waals surface area contributed by atoms with E-state index >= 15 is 0 Å². The van der Waals surface area contributed by atoms with Crippen molar-refractivity contribution in [1.29, 1.82) is 0 Å². The molecule has 0 aliphatic carbocycles. The number of nitro benzene ring substituents is 1. The van der Waals surface area contributed by atoms with Gasteiger partial charge >= 0.3 is 0 Å². The number of piperazine rings is 1. The molecule has 0 saturated carbocycles. The number of halogens is 1. The number of sulfonamides is 1. The number of carbonyl (C=O) groups excluding carboxylic acids is 1. The molecular weight excluding hydrogens is 410 g/mol. The molecule has 0 unspecified atom stereocenters. The molecule has 9 nitrogen and oxygen atoms in total. The highest BCUT2D eigenvalue weighted by molar-refractivity contribution is 7.89. The van der Waals surface area contributed by atoms with Gasteiger partial charge in [-0.25, -0.2) is 8.42 Å². The highest BCUT2D eigenvalue weighted by Gasteiger charge is 2.31. The first-order valence-corrected chi connectivity index (χ1v) is 10.0. The number of non-ortho nitro benzene ring substituents is 1. The molecule has 0 atom stereocenters. The van der Waals surface area contributed by atoms with Crippen LogP contribution in [0.3, 0.4) is 0 Å². The number of carbonyl (C=O) groups is 1. The standard InChI is InChI=1S/C17H16ClN3O6S/c18-12-1-6-15(16(22)11-12)17(23)19-7-9-20(10-8-19)28(26,27)14-4-2-13(3-5-14)21(24)25/h1-6,11,22H,7-10H2. The summed E-state index contributed by atoms with van der Waals surface area (Å²) in [7, 11) is -3.83. The molecule has 1 amide bonds. The quantitative estimate of drug-likeness (QED) is 0.591. The van der Waals surface area contributed by atoms with Crippen molar-refractivity contribution >= 4 is 33.2 Å². The molecule has 1 N–H and O–H groups in total. The van der Waals surface area contributed by atoms with E-state index < -0.39 is 20.9 Å². The number of amides is 1. The average molecular weight is 426 g/mol. The van der Waals surface area contributed by atoms with Gasteiger partial charge in [0.1, 0.15) is 5.75 Å². The van der Waals surface area contributed by atoms with Crippen LogP contribution in [0, 0.1) is 10.1 Å². The summed E-state index contributed by atoms with van der Waals surface area (Å²) in [5.41, 5.74) is -0.104. The van der Waals surface area contributed by atoms with Gasteiger partial charge in [-0.1, -0.05) is 11.6 Å². The van der Waals surface area contributed by atoms with E-state index in [1.54, 1.807) is 0 Å². The van der Waals surface area contributed by atoms with Gasteiger partial charge in [0.25, 0.3) is 11.6 Å². The van der Waals surface area contributed by atoms with E-state index in [1.165, 1.54) is 39.5 Å². The zero-order chi connectivity index (χ0) is 20.5. The maximum atomic E-state index is 12.7. The average Bonchev–Trinajstić information content (AvgIpc) is 2.67. The van der Waals surface area contributed by atoms with Crippen molar-refractivity contribution in [2.45, 2.75) is 4.90 Å². The molecule has 0 radical (unpaired) electrons. The summed E-state index contributed by atoms with van der Waals surface area (Å²) in [6, 6.07) is 8.83. The second-order valence-corrected chi connectivity index (χ2v) is 8.48. The molecule has 1 aliphatic heterocycles. The highest BCUT2D eigenvalue weighted by atomic mass is 35.5. The molecule has 148 valence electrons. The molecule has 2 aromatic carbocycles. The van der Waals surface area contributed by atoms with Crippen LogP contribution in [0.15, 0.2) is 47.4 Å². The monoisotopic (exact) mass is 425 g/mol. The van der Waals surface area contributed by atoms with Crippen molar-refractivity contribution < 1.29 is 23.2 Å². The van der Waals surface area contributed by atoms with Crippen LogP contribution in [-0.4, -0.2) is 59.7 Å². The Balaban J connectivity index is 1.70. The zero-order valence-electron chi connectivity index (χ0n) is 14.5. The first-order valence-electron chi connectivity index (χ1n) is 8.22. The van der Waals surface area contributed by atoms with E-state index in [-0.39, 0.29) is 48.1 Å². The summed E-state index contributed by atoms with van der Waals surface area (Å²) >= 11 is 5.77. The summed E-state index contributed by atoms with van der Waals surface area (Å²) in [4.78, 5) is 24.1. The Morgan fingerprint density at radius 2 is 1.68 bits per heavy atom. The summed E-state index contributed by atoms with van der Waals surface area (Å²) in [6.07, 6.45) is 0. The third kappa shape index (κ3) is 3.93. The minimum atomic E-state index is -3.83. The van der Waals surface area contributed by atoms with Crippen LogP contribution >= 0.6 is 11.6 Å². The van der Waals surface area contributed by atoms with Gasteiger partial charge in [0.2, 0.25) is 10.0 Å². The van der Waals surface area contributed by atoms with Gasteiger partial charge in [-0.05, 0) is 30.3 Å². The number of hydrogen-bond donors (Lipinski definition) is 1. The molecule has 1 aliphatic rings. The fourth-order valence-corrected chi connectivity index (χ4v) is 4.46. The van der Waals surface area contributed by atoms with E-state index in [0.29, 0.717) is 5.02 Å². The number of phenolic OH excluding ortho intramolecular Hbond substituents is 1. The number of rotatable bonds is 4. The van der Waals surface area contributed by atoms with E-state index in [2.05, 4.69) is 0 Å². The Morgan fingerprint density at radius 3 is 2.21 bits per heavy atom. The lowest BCUT2D eigenvalue weighted by Gasteiger charge is -2.34. The first-order chi connectivity index (χ1) is 13.2. The molecule has 3 rings (SSSR count). The maximum Gasteiger partial charge on any atom is 0.269 e. The van der Waals surface area contributed by atoms with Gasteiger partial charge in [-0.3, -0.25) is 14.9 Å². The van der Waals surface area contributed by atoms with Crippen LogP contribution in [0.25, 0.3) is 0 Å². The van der Waals surface area contributed by atoms with Crippen LogP contribution in [0.2, 0.25) is 5.02 Å². The number of nitrogens with zero attached hydrogens (tertiary/aromatic N) is 3. The molecule has 11 heteroatoms. The summed E-state index contributed by atoms with van der Waals surface area (Å²) in [6.45, 7) is 0.430. The molecule has 2 aromatic rings. The van der Waals surface area contributed by atoms with Crippen molar-refractivity contribution in [3.8, 4) is 5.75 Å². The molecular formula is C17H16ClN3O6S. The van der Waals surface area contributed by atoms with Crippen LogP contribution < -0.4 is 0 Å². The number of hydrogen-bond acceptors (Lipinski definition) is 6. The summed E-state index contributed by atoms with van der Waals surface area (Å²) in [5.74, 6) is -0.653. The van der Waals surface area contributed by atoms with Crippen molar-refractivity contribution in [3.05, 3.63) is 63.2 Å². The van der Waals surface area contributed by atoms with Crippen LogP contribution in [-0.2, 0) is 10.0 Å². The lowest BCUT2D eigenvalue weighted by Crippen LogP contribution is -2.50. The number of benzene rings is 2. The van der Waals surface area contributed by atoms with E-state index in [1.807, 2.05) is 0 Å². The number of nitro groups is 1. The van der Waals surface area contributed by atoms with Gasteiger partial charge in [0.05, 0.1) is 15.4 Å². The first kappa shape index (κ1) is 20.1. The van der Waals surface area contributed by atoms with Gasteiger partial charge in [0, 0.05) is 43.3 Å².